The third-order valence-electron chi connectivity index (χ3n) is 9.03. The van der Waals surface area contributed by atoms with Crippen molar-refractivity contribution in [2.45, 2.75) is 76.1 Å². The quantitative estimate of drug-likeness (QED) is 0.0697. The first kappa shape index (κ1) is 37.8. The van der Waals surface area contributed by atoms with E-state index >= 15 is 0 Å². The number of carbonyl (C=O) groups excluding carboxylic acids is 2. The highest BCUT2D eigenvalue weighted by atomic mass is 32.2. The molecular formula is C41H46N2O7S. The lowest BCUT2D eigenvalue weighted by atomic mass is 9.91. The van der Waals surface area contributed by atoms with Crippen LogP contribution < -0.4 is 10.6 Å². The number of hydrogen-bond acceptors (Lipinski definition) is 7. The molecule has 0 radical (unpaired) electrons. The van der Waals surface area contributed by atoms with Crippen LogP contribution in [0.25, 0.3) is 11.1 Å². The third-order valence-corrected chi connectivity index (χ3v) is 10.2. The van der Waals surface area contributed by atoms with Gasteiger partial charge in [0.2, 0.25) is 11.8 Å². The van der Waals surface area contributed by atoms with Gasteiger partial charge in [-0.25, -0.2) is 4.79 Å². The Kier molecular flexibility index (Phi) is 13.8. The summed E-state index contributed by atoms with van der Waals surface area (Å²) in [5, 5.41) is 25.1. The van der Waals surface area contributed by atoms with Crippen molar-refractivity contribution >= 4 is 29.5 Å². The molecule has 4 atom stereocenters. The number of carboxylic acid groups (broad SMARTS) is 1. The molecule has 9 nitrogen and oxygen atoms in total. The van der Waals surface area contributed by atoms with Gasteiger partial charge in [0.05, 0.1) is 24.4 Å². The first-order valence-electron chi connectivity index (χ1n) is 17.4. The number of aliphatic hydroxyl groups excluding tert-OH is 1. The molecule has 1 aliphatic heterocycles. The van der Waals surface area contributed by atoms with Crippen molar-refractivity contribution in [3.63, 3.8) is 0 Å². The molecular weight excluding hydrogens is 665 g/mol. The lowest BCUT2D eigenvalue weighted by Gasteiger charge is -2.41. The zero-order valence-corrected chi connectivity index (χ0v) is 29.9. The maximum atomic E-state index is 12.4. The standard InChI is InChI=1S/C41H46N2O7S/c1-27-36(26-51-37-12-6-5-11-35(37)40(47)48)49-41(50-39(27)32-16-14-29(25-44)15-17-32)33-20-18-31(19-21-33)34-10-8-9-30(23-34)24-43-38(46)13-4-3-7-22-42-28(2)45/h5-6,8-12,14-21,23,27,36,39,41,44H,3-4,7,13,22,24-26H2,1-2H3,(H,42,45)(H,43,46)(H,47,48)/t27-,36+,39+,41+/m0/s1. The molecule has 0 saturated carbocycles. The topological polar surface area (TPSA) is 134 Å². The summed E-state index contributed by atoms with van der Waals surface area (Å²) in [6.45, 7) is 4.62. The Balaban J connectivity index is 1.25. The van der Waals surface area contributed by atoms with Gasteiger partial charge in [-0.2, -0.15) is 0 Å². The van der Waals surface area contributed by atoms with Gasteiger partial charge in [-0.15, -0.1) is 11.8 Å². The van der Waals surface area contributed by atoms with Gasteiger partial charge in [-0.1, -0.05) is 92.2 Å². The molecule has 0 aliphatic carbocycles. The van der Waals surface area contributed by atoms with Crippen molar-refractivity contribution in [1.29, 1.82) is 0 Å². The minimum atomic E-state index is -0.961. The summed E-state index contributed by atoms with van der Waals surface area (Å²) >= 11 is 1.47. The smallest absolute Gasteiger partial charge is 0.336 e. The highest BCUT2D eigenvalue weighted by Gasteiger charge is 2.38. The number of carbonyl (C=O) groups is 3. The number of carboxylic acids is 1. The average molecular weight is 711 g/mol. The van der Waals surface area contributed by atoms with E-state index in [2.05, 4.69) is 23.6 Å². The summed E-state index contributed by atoms with van der Waals surface area (Å²) in [6.07, 6.45) is 1.80. The lowest BCUT2D eigenvalue weighted by molar-refractivity contribution is -0.268. The molecule has 0 aromatic heterocycles. The van der Waals surface area contributed by atoms with E-state index in [1.807, 2.05) is 78.9 Å². The second-order valence-electron chi connectivity index (χ2n) is 12.8. The number of benzene rings is 4. The second-order valence-corrected chi connectivity index (χ2v) is 13.9. The SMILES string of the molecule is CC(=O)NCCCCCC(=O)NCc1cccc(-c2ccc([C@@H]3O[C@H](CSc4ccccc4C(=O)O)[C@H](C)[C@H](c4ccc(CO)cc4)O3)cc2)c1. The number of aromatic carboxylic acids is 1. The number of unbranched alkanes of at least 4 members (excludes halogenated alkanes) is 2. The van der Waals surface area contributed by atoms with E-state index in [4.69, 9.17) is 9.47 Å². The Labute approximate surface area is 303 Å². The zero-order chi connectivity index (χ0) is 36.2. The fourth-order valence-electron chi connectivity index (χ4n) is 6.09. The van der Waals surface area contributed by atoms with Gasteiger partial charge >= 0.3 is 5.97 Å². The summed E-state index contributed by atoms with van der Waals surface area (Å²) in [5.41, 5.74) is 5.98. The largest absolute Gasteiger partial charge is 0.478 e. The van der Waals surface area contributed by atoms with Crippen molar-refractivity contribution in [3.8, 4) is 11.1 Å². The van der Waals surface area contributed by atoms with Gasteiger partial charge < -0.3 is 30.3 Å². The number of aliphatic hydroxyl groups is 1. The predicted octanol–water partition coefficient (Wildman–Crippen LogP) is 7.44. The molecule has 0 spiro atoms. The van der Waals surface area contributed by atoms with Gasteiger partial charge in [-0.3, -0.25) is 9.59 Å². The van der Waals surface area contributed by atoms with Gasteiger partial charge in [0, 0.05) is 48.6 Å². The minimum absolute atomic E-state index is 0.0107. The number of ether oxygens (including phenoxy) is 2. The normalized spacial score (nSPS) is 18.6. The highest BCUT2D eigenvalue weighted by Crippen LogP contribution is 2.43. The number of amides is 2. The fourth-order valence-corrected chi connectivity index (χ4v) is 7.30. The third kappa shape index (κ3) is 10.8. The summed E-state index contributed by atoms with van der Waals surface area (Å²) in [6, 6.07) is 30.9. The lowest BCUT2D eigenvalue weighted by Crippen LogP contribution is -2.38. The Morgan fingerprint density at radius 2 is 1.53 bits per heavy atom. The van der Waals surface area contributed by atoms with Crippen molar-refractivity contribution in [3.05, 3.63) is 125 Å². The molecule has 1 aliphatic rings. The number of hydrogen-bond donors (Lipinski definition) is 4. The molecule has 4 aromatic carbocycles. The van der Waals surface area contributed by atoms with Crippen molar-refractivity contribution in [1.82, 2.24) is 10.6 Å². The van der Waals surface area contributed by atoms with Crippen LogP contribution in [0.15, 0.2) is 102 Å². The van der Waals surface area contributed by atoms with Crippen LogP contribution in [0.5, 0.6) is 0 Å². The van der Waals surface area contributed by atoms with Gasteiger partial charge in [0.25, 0.3) is 0 Å². The van der Waals surface area contributed by atoms with Gasteiger partial charge in [0.15, 0.2) is 6.29 Å². The van der Waals surface area contributed by atoms with Crippen LogP contribution >= 0.6 is 11.8 Å². The maximum absolute atomic E-state index is 12.4. The monoisotopic (exact) mass is 710 g/mol. The molecule has 1 heterocycles. The van der Waals surface area contributed by atoms with Crippen LogP contribution in [0, 0.1) is 5.92 Å². The molecule has 10 heteroatoms. The molecule has 5 rings (SSSR count). The number of nitrogens with one attached hydrogen (secondary N) is 2. The second kappa shape index (κ2) is 18.7. The summed E-state index contributed by atoms with van der Waals surface area (Å²) in [7, 11) is 0. The predicted molar refractivity (Wildman–Crippen MR) is 198 cm³/mol. The molecule has 268 valence electrons. The average Bonchev–Trinajstić information content (AvgIpc) is 3.15. The Bertz CT molecular complexity index is 1760. The molecule has 1 fully saturated rings. The van der Waals surface area contributed by atoms with Gasteiger partial charge in [0.1, 0.15) is 0 Å². The van der Waals surface area contributed by atoms with Crippen LogP contribution in [0.2, 0.25) is 0 Å². The first-order valence-corrected chi connectivity index (χ1v) is 18.4. The summed E-state index contributed by atoms with van der Waals surface area (Å²) < 4.78 is 13.2. The molecule has 0 bridgehead atoms. The summed E-state index contributed by atoms with van der Waals surface area (Å²) in [5.74, 6) is -0.486. The van der Waals surface area contributed by atoms with Crippen LogP contribution in [0.1, 0.15) is 84.5 Å². The molecule has 51 heavy (non-hydrogen) atoms. The fraction of sp³-hybridized carbons (Fsp3) is 0.341. The van der Waals surface area contributed by atoms with Crippen molar-refractivity contribution in [2.75, 3.05) is 12.3 Å². The Morgan fingerprint density at radius 3 is 2.25 bits per heavy atom. The van der Waals surface area contributed by atoms with E-state index in [1.54, 1.807) is 12.1 Å². The van der Waals surface area contributed by atoms with E-state index in [-0.39, 0.29) is 42.1 Å². The van der Waals surface area contributed by atoms with Crippen LogP contribution in [0.4, 0.5) is 0 Å². The first-order chi connectivity index (χ1) is 24.7. The van der Waals surface area contributed by atoms with Crippen molar-refractivity contribution in [2.24, 2.45) is 5.92 Å². The highest BCUT2D eigenvalue weighted by molar-refractivity contribution is 7.99. The number of rotatable bonds is 16. The molecule has 4 aromatic rings. The summed E-state index contributed by atoms with van der Waals surface area (Å²) in [4.78, 5) is 35.9. The minimum Gasteiger partial charge on any atom is -0.478 e. The van der Waals surface area contributed by atoms with E-state index in [0.29, 0.717) is 30.2 Å². The zero-order valence-electron chi connectivity index (χ0n) is 29.0. The number of thioether (sulfide) groups is 1. The Hall–Kier alpha value is -4.48. The van der Waals surface area contributed by atoms with Crippen LogP contribution in [0.3, 0.4) is 0 Å². The van der Waals surface area contributed by atoms with E-state index in [9.17, 15) is 24.6 Å². The Morgan fingerprint density at radius 1 is 0.784 bits per heavy atom. The molecule has 0 unspecified atom stereocenters. The molecule has 1 saturated heterocycles. The molecule has 2 amide bonds. The maximum Gasteiger partial charge on any atom is 0.336 e. The van der Waals surface area contributed by atoms with E-state index in [1.165, 1.54) is 18.7 Å². The van der Waals surface area contributed by atoms with Crippen molar-refractivity contribution < 1.29 is 34.1 Å². The van der Waals surface area contributed by atoms with E-state index < -0.39 is 12.3 Å². The molecule has 4 N–H and O–H groups in total. The van der Waals surface area contributed by atoms with Crippen LogP contribution in [-0.4, -0.2) is 46.4 Å². The van der Waals surface area contributed by atoms with Crippen LogP contribution in [-0.2, 0) is 32.2 Å². The van der Waals surface area contributed by atoms with Gasteiger partial charge in [-0.05, 0) is 58.9 Å². The van der Waals surface area contributed by atoms with E-state index in [0.717, 1.165) is 52.6 Å².